The van der Waals surface area contributed by atoms with Crippen LogP contribution in [0.2, 0.25) is 0 Å². The van der Waals surface area contributed by atoms with Crippen LogP contribution in [-0.2, 0) is 12.6 Å². The summed E-state index contributed by atoms with van der Waals surface area (Å²) < 4.78 is 38.2. The highest BCUT2D eigenvalue weighted by Gasteiger charge is 2.30. The van der Waals surface area contributed by atoms with Gasteiger partial charge in [-0.3, -0.25) is 0 Å². The zero-order valence-corrected chi connectivity index (χ0v) is 12.1. The van der Waals surface area contributed by atoms with Crippen LogP contribution in [0.5, 0.6) is 0 Å². The zero-order valence-electron chi connectivity index (χ0n) is 10.5. The molecule has 5 heteroatoms. The fraction of sp³-hybridized carbons (Fsp3) is 0.200. The molecule has 2 aromatic carbocycles. The number of benzene rings is 2. The molecule has 0 radical (unpaired) electrons. The van der Waals surface area contributed by atoms with Crippen LogP contribution in [0.3, 0.4) is 0 Å². The monoisotopic (exact) mass is 343 g/mol. The molecule has 2 aromatic rings. The molecule has 2 rings (SSSR count). The van der Waals surface area contributed by atoms with Crippen LogP contribution in [0, 0.1) is 0 Å². The highest BCUT2D eigenvalue weighted by Crippen LogP contribution is 2.33. The number of rotatable bonds is 3. The van der Waals surface area contributed by atoms with E-state index in [1.807, 2.05) is 30.3 Å². The number of hydrogen-bond acceptors (Lipinski definition) is 1. The van der Waals surface area contributed by atoms with Crippen LogP contribution in [0.15, 0.2) is 53.0 Å². The molecular weight excluding hydrogens is 331 g/mol. The van der Waals surface area contributed by atoms with E-state index in [4.69, 9.17) is 5.73 Å². The predicted molar refractivity (Wildman–Crippen MR) is 76.2 cm³/mol. The molecule has 2 N–H and O–H groups in total. The summed E-state index contributed by atoms with van der Waals surface area (Å²) in [6.45, 7) is 0. The van der Waals surface area contributed by atoms with E-state index in [1.54, 1.807) is 0 Å². The second kappa shape index (κ2) is 5.97. The number of halogens is 4. The summed E-state index contributed by atoms with van der Waals surface area (Å²) in [6.07, 6.45) is -3.86. The first-order chi connectivity index (χ1) is 9.38. The zero-order chi connectivity index (χ0) is 14.8. The van der Waals surface area contributed by atoms with Gasteiger partial charge in [-0.15, -0.1) is 0 Å². The summed E-state index contributed by atoms with van der Waals surface area (Å²) in [7, 11) is 0. The predicted octanol–water partition coefficient (Wildman–Crippen LogP) is 4.71. The van der Waals surface area contributed by atoms with Gasteiger partial charge in [0.25, 0.3) is 0 Å². The lowest BCUT2D eigenvalue weighted by Gasteiger charge is -2.15. The smallest absolute Gasteiger partial charge is 0.324 e. The van der Waals surface area contributed by atoms with Gasteiger partial charge in [-0.1, -0.05) is 52.3 Å². The topological polar surface area (TPSA) is 26.0 Å². The van der Waals surface area contributed by atoms with Crippen LogP contribution >= 0.6 is 15.9 Å². The van der Waals surface area contributed by atoms with Gasteiger partial charge in [-0.2, -0.15) is 13.2 Å². The summed E-state index contributed by atoms with van der Waals surface area (Å²) in [5.74, 6) is 0. The first kappa shape index (κ1) is 15.1. The maximum Gasteiger partial charge on any atom is 0.416 e. The summed E-state index contributed by atoms with van der Waals surface area (Å²) in [6, 6.07) is 12.9. The Hall–Kier alpha value is -1.33. The molecule has 1 atom stereocenters. The second-order valence-electron chi connectivity index (χ2n) is 4.53. The molecule has 0 bridgehead atoms. The van der Waals surface area contributed by atoms with Crippen molar-refractivity contribution in [3.8, 4) is 0 Å². The van der Waals surface area contributed by atoms with E-state index in [-0.39, 0.29) is 6.04 Å². The first-order valence-corrected chi connectivity index (χ1v) is 6.83. The average Bonchev–Trinajstić information content (AvgIpc) is 2.41. The van der Waals surface area contributed by atoms with Crippen molar-refractivity contribution in [2.45, 2.75) is 18.6 Å². The number of alkyl halides is 3. The van der Waals surface area contributed by atoms with Crippen LogP contribution < -0.4 is 5.73 Å². The SMILES string of the molecule is NC(Cc1ccc(C(F)(F)F)cc1Br)c1ccccc1. The first-order valence-electron chi connectivity index (χ1n) is 6.04. The summed E-state index contributed by atoms with van der Waals surface area (Å²) in [5, 5.41) is 0. The molecule has 1 nitrogen and oxygen atoms in total. The molecule has 0 fully saturated rings. The van der Waals surface area contributed by atoms with Crippen LogP contribution in [-0.4, -0.2) is 0 Å². The van der Waals surface area contributed by atoms with Crippen molar-refractivity contribution in [3.05, 3.63) is 69.7 Å². The van der Waals surface area contributed by atoms with E-state index in [0.717, 1.165) is 23.3 Å². The Kier molecular flexibility index (Phi) is 4.50. The third kappa shape index (κ3) is 3.61. The minimum Gasteiger partial charge on any atom is -0.324 e. The van der Waals surface area contributed by atoms with Crippen LogP contribution in [0.25, 0.3) is 0 Å². The Morgan fingerprint density at radius 3 is 2.25 bits per heavy atom. The van der Waals surface area contributed by atoms with Gasteiger partial charge in [-0.25, -0.2) is 0 Å². The van der Waals surface area contributed by atoms with Crippen molar-refractivity contribution >= 4 is 15.9 Å². The highest BCUT2D eigenvalue weighted by molar-refractivity contribution is 9.10. The normalized spacial score (nSPS) is 13.2. The van der Waals surface area contributed by atoms with E-state index in [9.17, 15) is 13.2 Å². The summed E-state index contributed by atoms with van der Waals surface area (Å²) in [4.78, 5) is 0. The van der Waals surface area contributed by atoms with Crippen molar-refractivity contribution < 1.29 is 13.2 Å². The quantitative estimate of drug-likeness (QED) is 0.857. The molecule has 20 heavy (non-hydrogen) atoms. The van der Waals surface area contributed by atoms with E-state index in [0.29, 0.717) is 10.9 Å². The van der Waals surface area contributed by atoms with Gasteiger partial charge in [0, 0.05) is 10.5 Å². The van der Waals surface area contributed by atoms with Crippen molar-refractivity contribution in [3.63, 3.8) is 0 Å². The van der Waals surface area contributed by atoms with Gasteiger partial charge in [0.05, 0.1) is 5.56 Å². The maximum absolute atomic E-state index is 12.6. The van der Waals surface area contributed by atoms with Crippen LogP contribution in [0.1, 0.15) is 22.7 Å². The molecular formula is C15H13BrF3N. The highest BCUT2D eigenvalue weighted by atomic mass is 79.9. The largest absolute Gasteiger partial charge is 0.416 e. The molecule has 0 saturated carbocycles. The van der Waals surface area contributed by atoms with E-state index in [1.165, 1.54) is 6.07 Å². The van der Waals surface area contributed by atoms with Gasteiger partial charge in [-0.05, 0) is 29.7 Å². The lowest BCUT2D eigenvalue weighted by molar-refractivity contribution is -0.137. The van der Waals surface area contributed by atoms with Gasteiger partial charge in [0.1, 0.15) is 0 Å². The Bertz CT molecular complexity index is 581. The second-order valence-corrected chi connectivity index (χ2v) is 5.38. The average molecular weight is 344 g/mol. The van der Waals surface area contributed by atoms with Gasteiger partial charge >= 0.3 is 6.18 Å². The minimum atomic E-state index is -4.33. The Morgan fingerprint density at radius 2 is 1.70 bits per heavy atom. The number of nitrogens with two attached hydrogens (primary N) is 1. The van der Waals surface area contributed by atoms with Crippen molar-refractivity contribution in [2.24, 2.45) is 5.73 Å². The standard InChI is InChI=1S/C15H13BrF3N/c16-13-9-12(15(17,18)19)7-6-11(13)8-14(20)10-4-2-1-3-5-10/h1-7,9,14H,8,20H2. The lowest BCUT2D eigenvalue weighted by atomic mass is 9.99. The molecule has 0 aliphatic rings. The van der Waals surface area contributed by atoms with Gasteiger partial charge in [0.2, 0.25) is 0 Å². The summed E-state index contributed by atoms with van der Waals surface area (Å²) in [5.41, 5.74) is 7.13. The fourth-order valence-electron chi connectivity index (χ4n) is 1.94. The van der Waals surface area contributed by atoms with Gasteiger partial charge in [0.15, 0.2) is 0 Å². The lowest BCUT2D eigenvalue weighted by Crippen LogP contribution is -2.14. The number of hydrogen-bond donors (Lipinski definition) is 1. The Balaban J connectivity index is 2.18. The Labute approximate surface area is 123 Å². The molecule has 106 valence electrons. The minimum absolute atomic E-state index is 0.246. The van der Waals surface area contributed by atoms with E-state index >= 15 is 0 Å². The molecule has 0 amide bonds. The van der Waals surface area contributed by atoms with Crippen molar-refractivity contribution in [2.75, 3.05) is 0 Å². The van der Waals surface area contributed by atoms with Crippen LogP contribution in [0.4, 0.5) is 13.2 Å². The van der Waals surface area contributed by atoms with Crippen molar-refractivity contribution in [1.82, 2.24) is 0 Å². The maximum atomic E-state index is 12.6. The molecule has 0 aliphatic heterocycles. The molecule has 0 heterocycles. The summed E-state index contributed by atoms with van der Waals surface area (Å²) >= 11 is 3.19. The van der Waals surface area contributed by atoms with Gasteiger partial charge < -0.3 is 5.73 Å². The molecule has 1 unspecified atom stereocenters. The van der Waals surface area contributed by atoms with E-state index in [2.05, 4.69) is 15.9 Å². The third-order valence-electron chi connectivity index (χ3n) is 3.05. The van der Waals surface area contributed by atoms with Crippen molar-refractivity contribution in [1.29, 1.82) is 0 Å². The fourth-order valence-corrected chi connectivity index (χ4v) is 2.48. The third-order valence-corrected chi connectivity index (χ3v) is 3.79. The molecule has 0 aliphatic carbocycles. The Morgan fingerprint density at radius 1 is 1.05 bits per heavy atom. The molecule has 0 spiro atoms. The molecule has 0 saturated heterocycles. The molecule has 0 aromatic heterocycles. The van der Waals surface area contributed by atoms with E-state index < -0.39 is 11.7 Å².